The maximum absolute atomic E-state index is 11.1. The van der Waals surface area contributed by atoms with E-state index in [1.807, 2.05) is 0 Å². The van der Waals surface area contributed by atoms with Crippen LogP contribution in [0.2, 0.25) is 0 Å². The number of amides is 2. The smallest absolute Gasteiger partial charge is 0.392 e. The predicted octanol–water partition coefficient (Wildman–Crippen LogP) is 0.0740. The summed E-state index contributed by atoms with van der Waals surface area (Å²) in [5, 5.41) is 2.36. The van der Waals surface area contributed by atoms with Crippen LogP contribution in [0.15, 0.2) is 17.6 Å². The van der Waals surface area contributed by atoms with Crippen molar-refractivity contribution in [2.24, 2.45) is 4.99 Å². The van der Waals surface area contributed by atoms with Crippen molar-refractivity contribution in [1.29, 1.82) is 0 Å². The molecule has 0 saturated carbocycles. The van der Waals surface area contributed by atoms with Crippen LogP contribution in [-0.2, 0) is 19.0 Å². The molecule has 7 heteroatoms. The topological polar surface area (TPSA) is 86.2 Å². The van der Waals surface area contributed by atoms with E-state index in [0.29, 0.717) is 0 Å². The van der Waals surface area contributed by atoms with Crippen molar-refractivity contribution in [1.82, 2.24) is 5.32 Å². The minimum Gasteiger partial charge on any atom is -0.461 e. The molecule has 90 valence electrons. The van der Waals surface area contributed by atoms with Crippen LogP contribution in [0.5, 0.6) is 0 Å². The van der Waals surface area contributed by atoms with E-state index in [2.05, 4.69) is 31.1 Å². The van der Waals surface area contributed by atoms with Gasteiger partial charge >= 0.3 is 18.1 Å². The van der Waals surface area contributed by atoms with Gasteiger partial charge in [-0.3, -0.25) is 0 Å². The molecule has 0 radical (unpaired) electrons. The number of carbonyl (C=O) groups excluding carboxylic acids is 2. The van der Waals surface area contributed by atoms with Gasteiger partial charge in [-0.05, 0) is 0 Å². The van der Waals surface area contributed by atoms with E-state index in [4.69, 9.17) is 0 Å². The number of ether oxygens (including phenoxy) is 3. The molecule has 0 unspecified atom stereocenters. The lowest BCUT2D eigenvalue weighted by molar-refractivity contribution is -0.137. The van der Waals surface area contributed by atoms with E-state index in [1.54, 1.807) is 0 Å². The van der Waals surface area contributed by atoms with Crippen LogP contribution in [-0.4, -0.2) is 45.5 Å². The first-order valence-corrected chi connectivity index (χ1v) is 4.37. The van der Waals surface area contributed by atoms with Crippen LogP contribution >= 0.6 is 0 Å². The highest BCUT2D eigenvalue weighted by molar-refractivity contribution is 5.86. The van der Waals surface area contributed by atoms with Gasteiger partial charge in [-0.2, -0.15) is 0 Å². The van der Waals surface area contributed by atoms with Crippen molar-refractivity contribution in [2.75, 3.05) is 27.4 Å². The van der Waals surface area contributed by atoms with Crippen molar-refractivity contribution in [3.8, 4) is 0 Å². The van der Waals surface area contributed by atoms with Gasteiger partial charge in [-0.25, -0.2) is 9.59 Å². The monoisotopic (exact) mass is 230 g/mol. The average Bonchev–Trinajstić information content (AvgIpc) is 2.31. The Morgan fingerprint density at radius 3 is 2.50 bits per heavy atom. The van der Waals surface area contributed by atoms with E-state index in [0.717, 1.165) is 6.08 Å². The number of hydrogen-bond acceptors (Lipinski definition) is 5. The number of carbonyl (C=O) groups is 2. The molecule has 0 fully saturated rings. The summed E-state index contributed by atoms with van der Waals surface area (Å²) in [5.74, 6) is -0.549. The van der Waals surface area contributed by atoms with Gasteiger partial charge in [0.15, 0.2) is 0 Å². The summed E-state index contributed by atoms with van der Waals surface area (Å²) in [7, 11) is 2.64. The Morgan fingerprint density at radius 2 is 2.00 bits per heavy atom. The number of aliphatic imine (C=N–C) groups is 1. The zero-order valence-corrected chi connectivity index (χ0v) is 9.19. The molecule has 0 bridgehead atoms. The summed E-state index contributed by atoms with van der Waals surface area (Å²) in [6.45, 7) is 3.40. The fourth-order valence-electron chi connectivity index (χ4n) is 0.666. The SMILES string of the molecule is C=CC(=O)OCCNC(=O)N=C(OC)OC. The second-order valence-corrected chi connectivity index (χ2v) is 2.39. The first-order valence-electron chi connectivity index (χ1n) is 4.37. The molecule has 0 aliphatic rings. The molecule has 0 aromatic heterocycles. The Kier molecular flexibility index (Phi) is 7.21. The number of urea groups is 1. The molecule has 0 aromatic carbocycles. The van der Waals surface area contributed by atoms with E-state index < -0.39 is 12.0 Å². The van der Waals surface area contributed by atoms with Crippen LogP contribution in [0.25, 0.3) is 0 Å². The maximum atomic E-state index is 11.1. The van der Waals surface area contributed by atoms with E-state index in [1.165, 1.54) is 14.2 Å². The molecule has 2 amide bonds. The summed E-state index contributed by atoms with van der Waals surface area (Å²) in [5.41, 5.74) is 0. The van der Waals surface area contributed by atoms with Crippen molar-refractivity contribution < 1.29 is 23.8 Å². The number of hydrogen-bond donors (Lipinski definition) is 1. The summed E-state index contributed by atoms with van der Waals surface area (Å²) in [4.78, 5) is 25.1. The molecule has 0 spiro atoms. The summed E-state index contributed by atoms with van der Waals surface area (Å²) in [6.07, 6.45) is 0.883. The highest BCUT2D eigenvalue weighted by Gasteiger charge is 2.03. The Morgan fingerprint density at radius 1 is 1.38 bits per heavy atom. The lowest BCUT2D eigenvalue weighted by Crippen LogP contribution is -2.26. The standard InChI is InChI=1S/C9H14N2O5/c1-4-7(12)16-6-5-10-8(13)11-9(14-2)15-3/h4H,1,5-6H2,2-3H3,(H,10,13). The Balaban J connectivity index is 3.77. The third-order valence-corrected chi connectivity index (χ3v) is 1.33. The predicted molar refractivity (Wildman–Crippen MR) is 56.0 cm³/mol. The third-order valence-electron chi connectivity index (χ3n) is 1.33. The van der Waals surface area contributed by atoms with Crippen molar-refractivity contribution in [2.45, 2.75) is 0 Å². The summed E-state index contributed by atoms with van der Waals surface area (Å²) < 4.78 is 13.8. The van der Waals surface area contributed by atoms with Gasteiger partial charge in [0.05, 0.1) is 20.8 Å². The number of rotatable bonds is 4. The molecule has 7 nitrogen and oxygen atoms in total. The van der Waals surface area contributed by atoms with Gasteiger partial charge < -0.3 is 19.5 Å². The Bertz CT molecular complexity index is 282. The Labute approximate surface area is 93.1 Å². The zero-order valence-electron chi connectivity index (χ0n) is 9.19. The lowest BCUT2D eigenvalue weighted by atomic mass is 10.6. The highest BCUT2D eigenvalue weighted by Crippen LogP contribution is 1.84. The van der Waals surface area contributed by atoms with Gasteiger partial charge in [-0.1, -0.05) is 6.58 Å². The third kappa shape index (κ3) is 6.41. The summed E-state index contributed by atoms with van der Waals surface area (Å²) in [6, 6.07) is -0.645. The van der Waals surface area contributed by atoms with Gasteiger partial charge in [0.25, 0.3) is 0 Å². The van der Waals surface area contributed by atoms with Crippen molar-refractivity contribution in [3.63, 3.8) is 0 Å². The van der Waals surface area contributed by atoms with Crippen molar-refractivity contribution >= 4 is 18.1 Å². The van der Waals surface area contributed by atoms with E-state index >= 15 is 0 Å². The normalized spacial score (nSPS) is 8.62. The molecule has 1 N–H and O–H groups in total. The van der Waals surface area contributed by atoms with Crippen LogP contribution in [0, 0.1) is 0 Å². The molecule has 16 heavy (non-hydrogen) atoms. The van der Waals surface area contributed by atoms with Gasteiger partial charge in [-0.15, -0.1) is 4.99 Å². The molecule has 0 aromatic rings. The maximum Gasteiger partial charge on any atom is 0.392 e. The first kappa shape index (κ1) is 13.9. The van der Waals surface area contributed by atoms with Gasteiger partial charge in [0.2, 0.25) is 0 Å². The zero-order chi connectivity index (χ0) is 12.4. The molecular formula is C9H14N2O5. The fraction of sp³-hybridized carbons (Fsp3) is 0.444. The van der Waals surface area contributed by atoms with Crippen LogP contribution < -0.4 is 5.32 Å². The van der Waals surface area contributed by atoms with Crippen LogP contribution in [0.4, 0.5) is 4.79 Å². The second kappa shape index (κ2) is 8.27. The minimum absolute atomic E-state index is 0.0431. The molecule has 0 aliphatic carbocycles. The molecule has 0 atom stereocenters. The van der Waals surface area contributed by atoms with Crippen molar-refractivity contribution in [3.05, 3.63) is 12.7 Å². The number of nitrogens with one attached hydrogen (secondary N) is 1. The quantitative estimate of drug-likeness (QED) is 0.243. The van der Waals surface area contributed by atoms with Gasteiger partial charge in [0.1, 0.15) is 6.61 Å². The number of methoxy groups -OCH3 is 2. The first-order chi connectivity index (χ1) is 7.63. The highest BCUT2D eigenvalue weighted by atomic mass is 16.7. The lowest BCUT2D eigenvalue weighted by Gasteiger charge is -2.03. The minimum atomic E-state index is -0.645. The molecule has 0 aliphatic heterocycles. The van der Waals surface area contributed by atoms with Gasteiger partial charge in [0, 0.05) is 6.08 Å². The van der Waals surface area contributed by atoms with E-state index in [-0.39, 0.29) is 19.2 Å². The fourth-order valence-corrected chi connectivity index (χ4v) is 0.666. The second-order valence-electron chi connectivity index (χ2n) is 2.39. The summed E-state index contributed by atoms with van der Waals surface area (Å²) >= 11 is 0. The molecule has 0 heterocycles. The molecule has 0 rings (SSSR count). The van der Waals surface area contributed by atoms with Crippen LogP contribution in [0.3, 0.4) is 0 Å². The largest absolute Gasteiger partial charge is 0.461 e. The van der Waals surface area contributed by atoms with E-state index in [9.17, 15) is 9.59 Å². The Hall–Kier alpha value is -2.05. The van der Waals surface area contributed by atoms with Crippen LogP contribution in [0.1, 0.15) is 0 Å². The molecule has 0 saturated heterocycles. The number of esters is 1. The number of nitrogens with zero attached hydrogens (tertiary/aromatic N) is 1. The average molecular weight is 230 g/mol. The molecular weight excluding hydrogens is 216 g/mol.